The van der Waals surface area contributed by atoms with Crippen LogP contribution in [0.15, 0.2) is 86.7 Å². The largest absolute Gasteiger partial charge is 0.494 e. The van der Waals surface area contributed by atoms with Gasteiger partial charge in [-0.25, -0.2) is 10.4 Å². The number of hydrazine groups is 1. The third-order valence-corrected chi connectivity index (χ3v) is 7.71. The molecule has 0 unspecified atom stereocenters. The first-order valence-electron chi connectivity index (χ1n) is 12.6. The van der Waals surface area contributed by atoms with Crippen molar-refractivity contribution >= 4 is 43.7 Å². The molecular weight excluding hydrogens is 614 g/mol. The highest BCUT2D eigenvalue weighted by Crippen LogP contribution is 2.45. The van der Waals surface area contributed by atoms with Gasteiger partial charge >= 0.3 is 0 Å². The van der Waals surface area contributed by atoms with E-state index in [0.717, 1.165) is 32.1 Å². The minimum absolute atomic E-state index is 0.0773. The maximum Gasteiger partial charge on any atom is 0.266 e. The molecule has 200 valence electrons. The van der Waals surface area contributed by atoms with Gasteiger partial charge in [0.25, 0.3) is 5.91 Å². The summed E-state index contributed by atoms with van der Waals surface area (Å²) in [5.41, 5.74) is 7.13. The molecule has 3 aromatic carbocycles. The van der Waals surface area contributed by atoms with Crippen LogP contribution in [0.2, 0.25) is 0 Å². The molecule has 7 nitrogen and oxygen atoms in total. The van der Waals surface area contributed by atoms with Crippen LogP contribution in [-0.4, -0.2) is 42.2 Å². The van der Waals surface area contributed by atoms with Gasteiger partial charge in [0.15, 0.2) is 11.6 Å². The van der Waals surface area contributed by atoms with Crippen molar-refractivity contribution in [3.63, 3.8) is 0 Å². The van der Waals surface area contributed by atoms with E-state index in [1.165, 1.54) is 0 Å². The molecule has 1 heterocycles. The van der Waals surface area contributed by atoms with Crippen LogP contribution in [0.25, 0.3) is 0 Å². The van der Waals surface area contributed by atoms with Crippen molar-refractivity contribution in [2.24, 2.45) is 4.99 Å². The van der Waals surface area contributed by atoms with E-state index >= 15 is 0 Å². The molecule has 1 aliphatic rings. The van der Waals surface area contributed by atoms with Crippen molar-refractivity contribution in [2.45, 2.75) is 37.8 Å². The third kappa shape index (κ3) is 6.46. The van der Waals surface area contributed by atoms with E-state index in [2.05, 4.69) is 42.7 Å². The zero-order valence-electron chi connectivity index (χ0n) is 21.1. The lowest BCUT2D eigenvalue weighted by atomic mass is 9.82. The van der Waals surface area contributed by atoms with Gasteiger partial charge in [-0.15, -0.1) is 0 Å². The summed E-state index contributed by atoms with van der Waals surface area (Å²) in [5.74, 6) is 0.788. The van der Waals surface area contributed by atoms with E-state index in [1.807, 2.05) is 79.7 Å². The molecule has 0 aliphatic carbocycles. The number of nitrogens with zero attached hydrogens (tertiary/aromatic N) is 1. The smallest absolute Gasteiger partial charge is 0.266 e. The monoisotopic (exact) mass is 643 g/mol. The van der Waals surface area contributed by atoms with Crippen LogP contribution in [0.5, 0.6) is 5.75 Å². The first-order valence-corrected chi connectivity index (χ1v) is 14.2. The molecule has 0 aromatic heterocycles. The quantitative estimate of drug-likeness (QED) is 0.179. The number of amides is 1. The molecule has 38 heavy (non-hydrogen) atoms. The molecule has 0 spiro atoms. The average Bonchev–Trinajstić information content (AvgIpc) is 3.31. The highest BCUT2D eigenvalue weighted by molar-refractivity contribution is 9.10. The maximum atomic E-state index is 14.0. The summed E-state index contributed by atoms with van der Waals surface area (Å²) in [6.07, 6.45) is 1.04. The van der Waals surface area contributed by atoms with Gasteiger partial charge in [-0.2, -0.15) is 0 Å². The molecule has 4 rings (SSSR count). The fourth-order valence-corrected chi connectivity index (χ4v) is 5.17. The first-order chi connectivity index (χ1) is 18.5. The molecule has 0 saturated carbocycles. The van der Waals surface area contributed by atoms with E-state index in [-0.39, 0.29) is 12.5 Å². The third-order valence-electron chi connectivity index (χ3n) is 6.21. The molecule has 0 radical (unpaired) electrons. The summed E-state index contributed by atoms with van der Waals surface area (Å²) in [6.45, 7) is 3.17. The number of carbonyl (C=O) groups excluding carboxylic acids is 1. The van der Waals surface area contributed by atoms with Crippen molar-refractivity contribution in [2.75, 3.05) is 19.8 Å². The number of aliphatic hydroxyl groups excluding tert-OH is 1. The fourth-order valence-electron chi connectivity index (χ4n) is 4.26. The van der Waals surface area contributed by atoms with E-state index in [0.29, 0.717) is 37.6 Å². The van der Waals surface area contributed by atoms with Gasteiger partial charge in [0.1, 0.15) is 5.75 Å². The molecular formula is C29H31Br2N3O4. The number of halogens is 2. The highest BCUT2D eigenvalue weighted by Gasteiger charge is 2.54. The summed E-state index contributed by atoms with van der Waals surface area (Å²) >= 11 is 7.31. The Labute approximate surface area is 239 Å². The molecule has 9 heteroatoms. The van der Waals surface area contributed by atoms with Gasteiger partial charge < -0.3 is 14.6 Å². The van der Waals surface area contributed by atoms with E-state index in [4.69, 9.17) is 19.6 Å². The molecule has 1 amide bonds. The van der Waals surface area contributed by atoms with Gasteiger partial charge in [0.05, 0.1) is 6.61 Å². The van der Waals surface area contributed by atoms with Crippen LogP contribution in [0.4, 0.5) is 0 Å². The Kier molecular flexibility index (Phi) is 9.96. The van der Waals surface area contributed by atoms with Crippen LogP contribution < -0.4 is 15.6 Å². The van der Waals surface area contributed by atoms with Gasteiger partial charge in [0, 0.05) is 46.1 Å². The second-order valence-electron chi connectivity index (χ2n) is 8.96. The zero-order chi connectivity index (χ0) is 27.0. The minimum Gasteiger partial charge on any atom is -0.494 e. The Bertz CT molecular complexity index is 1270. The Hall–Kier alpha value is -2.72. The topological polar surface area (TPSA) is 92.2 Å². The van der Waals surface area contributed by atoms with Crippen molar-refractivity contribution in [1.82, 2.24) is 10.9 Å². The van der Waals surface area contributed by atoms with Crippen LogP contribution >= 0.6 is 31.9 Å². The van der Waals surface area contributed by atoms with Crippen molar-refractivity contribution in [3.8, 4) is 5.75 Å². The SMILES string of the molecule is CCCNNC(=O)[C@@]1(Cc2ccccc2Br)N=C(c2ccc(OCCCO)cc2)O[C@H]1c1ccccc1Br. The van der Waals surface area contributed by atoms with Crippen LogP contribution in [-0.2, 0) is 16.0 Å². The molecule has 0 fully saturated rings. The summed E-state index contributed by atoms with van der Waals surface area (Å²) in [7, 11) is 0. The maximum absolute atomic E-state index is 14.0. The molecule has 0 bridgehead atoms. The average molecular weight is 645 g/mol. The number of carbonyl (C=O) groups is 1. The summed E-state index contributed by atoms with van der Waals surface area (Å²) < 4.78 is 14.0. The van der Waals surface area contributed by atoms with Gasteiger partial charge in [-0.05, 0) is 48.4 Å². The van der Waals surface area contributed by atoms with Crippen molar-refractivity contribution in [1.29, 1.82) is 0 Å². The summed E-state index contributed by atoms with van der Waals surface area (Å²) in [5, 5.41) is 9.00. The van der Waals surface area contributed by atoms with E-state index in [9.17, 15) is 4.79 Å². The van der Waals surface area contributed by atoms with Crippen LogP contribution in [0, 0.1) is 0 Å². The van der Waals surface area contributed by atoms with Crippen molar-refractivity contribution < 1.29 is 19.4 Å². The summed E-state index contributed by atoms with van der Waals surface area (Å²) in [4.78, 5) is 19.0. The lowest BCUT2D eigenvalue weighted by Gasteiger charge is -2.31. The van der Waals surface area contributed by atoms with Gasteiger partial charge in [-0.3, -0.25) is 10.2 Å². The second kappa shape index (κ2) is 13.4. The molecule has 1 aliphatic heterocycles. The number of aliphatic hydroxyl groups is 1. The number of hydrogen-bond donors (Lipinski definition) is 3. The summed E-state index contributed by atoms with van der Waals surface area (Å²) in [6, 6.07) is 23.0. The number of aliphatic imine (C=N–C) groups is 1. The molecule has 3 aromatic rings. The predicted molar refractivity (Wildman–Crippen MR) is 155 cm³/mol. The van der Waals surface area contributed by atoms with Crippen LogP contribution in [0.1, 0.15) is 42.6 Å². The lowest BCUT2D eigenvalue weighted by molar-refractivity contribution is -0.130. The zero-order valence-corrected chi connectivity index (χ0v) is 24.3. The second-order valence-corrected chi connectivity index (χ2v) is 10.7. The van der Waals surface area contributed by atoms with Crippen molar-refractivity contribution in [3.05, 3.63) is 98.4 Å². The van der Waals surface area contributed by atoms with Crippen LogP contribution in [0.3, 0.4) is 0 Å². The normalized spacial score (nSPS) is 18.5. The Morgan fingerprint density at radius 3 is 2.45 bits per heavy atom. The first kappa shape index (κ1) is 28.3. The number of nitrogens with one attached hydrogen (secondary N) is 2. The molecule has 2 atom stereocenters. The minimum atomic E-state index is -1.29. The molecule has 0 saturated heterocycles. The number of rotatable bonds is 12. The highest BCUT2D eigenvalue weighted by atomic mass is 79.9. The van der Waals surface area contributed by atoms with E-state index in [1.54, 1.807) is 0 Å². The number of hydrogen-bond acceptors (Lipinski definition) is 6. The Balaban J connectivity index is 1.78. The number of ether oxygens (including phenoxy) is 2. The standard InChI is InChI=1S/C29H31Br2N3O4/c1-2-16-32-34-28(36)29(19-21-8-3-5-10-24(21)30)26(23-9-4-6-11-25(23)31)38-27(33-29)20-12-14-22(15-13-20)37-18-7-17-35/h3-6,8-15,26,32,35H,2,7,16-19H2,1H3,(H,34,36)/t26-,29-/m0/s1. The lowest BCUT2D eigenvalue weighted by Crippen LogP contribution is -2.54. The fraction of sp³-hybridized carbons (Fsp3) is 0.310. The van der Waals surface area contributed by atoms with E-state index < -0.39 is 11.6 Å². The van der Waals surface area contributed by atoms with Gasteiger partial charge in [0.2, 0.25) is 5.90 Å². The van der Waals surface area contributed by atoms with Gasteiger partial charge in [-0.1, -0.05) is 75.2 Å². The predicted octanol–water partition coefficient (Wildman–Crippen LogP) is 5.50. The Morgan fingerprint density at radius 2 is 1.76 bits per heavy atom. The number of benzene rings is 3. The molecule has 3 N–H and O–H groups in total. The Morgan fingerprint density at radius 1 is 1.05 bits per heavy atom.